The van der Waals surface area contributed by atoms with Gasteiger partial charge < -0.3 is 4.74 Å². The summed E-state index contributed by atoms with van der Waals surface area (Å²) in [6.07, 6.45) is 5.02. The minimum atomic E-state index is -0.803. The Morgan fingerprint density at radius 1 is 1.73 bits per heavy atom. The topological polar surface area (TPSA) is 9.23 Å². The molecule has 0 heterocycles. The fourth-order valence-electron chi connectivity index (χ4n) is 1.05. The summed E-state index contributed by atoms with van der Waals surface area (Å²) in [7, 11) is 1.65. The molecule has 2 atom stereocenters. The van der Waals surface area contributed by atoms with E-state index < -0.39 is 6.17 Å². The predicted octanol–water partition coefficient (Wildman–Crippen LogP) is 2.25. The molecule has 0 radical (unpaired) electrons. The Labute approximate surface area is 66.6 Å². The molecule has 0 aromatic heterocycles. The van der Waals surface area contributed by atoms with Crippen molar-refractivity contribution in [3.05, 3.63) is 23.8 Å². The summed E-state index contributed by atoms with van der Waals surface area (Å²) < 4.78 is 17.6. The maximum Gasteiger partial charge on any atom is 0.122 e. The van der Waals surface area contributed by atoms with Crippen molar-refractivity contribution in [1.82, 2.24) is 0 Å². The summed E-state index contributed by atoms with van der Waals surface area (Å²) in [6, 6.07) is 0. The normalized spacial score (nSPS) is 26.5. The van der Waals surface area contributed by atoms with Gasteiger partial charge in [0.1, 0.15) is 6.17 Å². The van der Waals surface area contributed by atoms with E-state index in [1.165, 1.54) is 0 Å². The van der Waals surface area contributed by atoms with E-state index in [0.29, 0.717) is 6.42 Å². The van der Waals surface area contributed by atoms with E-state index in [-0.39, 0.29) is 6.10 Å². The first kappa shape index (κ1) is 8.47. The zero-order chi connectivity index (χ0) is 8.27. The predicted molar refractivity (Wildman–Crippen MR) is 43.2 cm³/mol. The van der Waals surface area contributed by atoms with Crippen LogP contribution in [0.1, 0.15) is 13.3 Å². The van der Waals surface area contributed by atoms with Crippen LogP contribution in [-0.4, -0.2) is 19.4 Å². The van der Waals surface area contributed by atoms with E-state index in [0.717, 1.165) is 5.57 Å². The van der Waals surface area contributed by atoms with E-state index in [1.54, 1.807) is 19.3 Å². The lowest BCUT2D eigenvalue weighted by Crippen LogP contribution is -2.10. The number of hydrogen-bond acceptors (Lipinski definition) is 1. The molecule has 0 saturated carbocycles. The summed E-state index contributed by atoms with van der Waals surface area (Å²) in [5.41, 5.74) is 1.07. The minimum absolute atomic E-state index is 0.0822. The van der Waals surface area contributed by atoms with E-state index in [9.17, 15) is 4.39 Å². The van der Waals surface area contributed by atoms with Crippen LogP contribution in [0.2, 0.25) is 0 Å². The van der Waals surface area contributed by atoms with Gasteiger partial charge in [0.2, 0.25) is 0 Å². The fourth-order valence-corrected chi connectivity index (χ4v) is 1.05. The number of alkyl halides is 1. The van der Waals surface area contributed by atoms with Crippen LogP contribution in [0.25, 0.3) is 0 Å². The molecule has 0 aliphatic heterocycles. The van der Waals surface area contributed by atoms with Crippen molar-refractivity contribution >= 4 is 0 Å². The van der Waals surface area contributed by atoms with Crippen molar-refractivity contribution in [2.24, 2.45) is 0 Å². The molecule has 1 aliphatic rings. The Balaban J connectivity index is 2.55. The molecule has 1 rings (SSSR count). The molecule has 2 heteroatoms. The standard InChI is InChI=1S/C9H13FO/c1-7(11-2)8-3-5-9(10)6-4-8/h3-5,7,9H,6H2,1-2H3. The summed E-state index contributed by atoms with van der Waals surface area (Å²) in [4.78, 5) is 0. The molecule has 0 N–H and O–H groups in total. The molecule has 11 heavy (non-hydrogen) atoms. The Morgan fingerprint density at radius 3 is 2.91 bits per heavy atom. The number of ether oxygens (including phenoxy) is 1. The smallest absolute Gasteiger partial charge is 0.122 e. The second-order valence-electron chi connectivity index (χ2n) is 2.69. The van der Waals surface area contributed by atoms with Crippen LogP contribution in [0.5, 0.6) is 0 Å². The van der Waals surface area contributed by atoms with Gasteiger partial charge in [0.25, 0.3) is 0 Å². The van der Waals surface area contributed by atoms with Gasteiger partial charge in [-0.15, -0.1) is 0 Å². The zero-order valence-corrected chi connectivity index (χ0v) is 6.88. The van der Waals surface area contributed by atoms with E-state index in [2.05, 4.69) is 0 Å². The minimum Gasteiger partial charge on any atom is -0.377 e. The van der Waals surface area contributed by atoms with Crippen LogP contribution in [0.4, 0.5) is 4.39 Å². The Morgan fingerprint density at radius 2 is 2.45 bits per heavy atom. The zero-order valence-electron chi connectivity index (χ0n) is 6.88. The summed E-state index contributed by atoms with van der Waals surface area (Å²) in [6.45, 7) is 1.95. The molecular weight excluding hydrogens is 143 g/mol. The molecule has 0 aromatic rings. The fraction of sp³-hybridized carbons (Fsp3) is 0.556. The summed E-state index contributed by atoms with van der Waals surface area (Å²) >= 11 is 0. The van der Waals surface area contributed by atoms with Gasteiger partial charge >= 0.3 is 0 Å². The first-order valence-electron chi connectivity index (χ1n) is 3.79. The monoisotopic (exact) mass is 156 g/mol. The highest BCUT2D eigenvalue weighted by molar-refractivity contribution is 5.27. The van der Waals surface area contributed by atoms with Crippen molar-refractivity contribution in [2.75, 3.05) is 7.11 Å². The van der Waals surface area contributed by atoms with E-state index >= 15 is 0 Å². The molecule has 1 aliphatic carbocycles. The van der Waals surface area contributed by atoms with Crippen molar-refractivity contribution in [1.29, 1.82) is 0 Å². The van der Waals surface area contributed by atoms with Crippen molar-refractivity contribution < 1.29 is 9.13 Å². The molecule has 0 spiro atoms. The Bertz CT molecular complexity index is 184. The lowest BCUT2D eigenvalue weighted by molar-refractivity contribution is 0.149. The van der Waals surface area contributed by atoms with Gasteiger partial charge in [-0.1, -0.05) is 18.2 Å². The summed E-state index contributed by atoms with van der Waals surface area (Å²) in [5, 5.41) is 0. The maximum absolute atomic E-state index is 12.6. The third-order valence-electron chi connectivity index (χ3n) is 1.90. The largest absolute Gasteiger partial charge is 0.377 e. The molecular formula is C9H13FO. The number of halogens is 1. The van der Waals surface area contributed by atoms with Gasteiger partial charge in [-0.25, -0.2) is 4.39 Å². The SMILES string of the molecule is COC(C)C1=CCC(F)C=C1. The highest BCUT2D eigenvalue weighted by atomic mass is 19.1. The molecule has 2 unspecified atom stereocenters. The first-order valence-corrected chi connectivity index (χ1v) is 3.79. The number of rotatable bonds is 2. The van der Waals surface area contributed by atoms with Crippen LogP contribution in [0.15, 0.2) is 23.8 Å². The number of hydrogen-bond donors (Lipinski definition) is 0. The highest BCUT2D eigenvalue weighted by Gasteiger charge is 2.10. The molecule has 0 fully saturated rings. The van der Waals surface area contributed by atoms with E-state index in [1.807, 2.05) is 13.0 Å². The lowest BCUT2D eigenvalue weighted by Gasteiger charge is -2.14. The van der Waals surface area contributed by atoms with Crippen LogP contribution in [0, 0.1) is 0 Å². The van der Waals surface area contributed by atoms with Gasteiger partial charge in [-0.3, -0.25) is 0 Å². The van der Waals surface area contributed by atoms with Gasteiger partial charge in [0.15, 0.2) is 0 Å². The second kappa shape index (κ2) is 3.67. The Hall–Kier alpha value is -0.630. The molecule has 0 saturated heterocycles. The second-order valence-corrected chi connectivity index (χ2v) is 2.69. The number of methoxy groups -OCH3 is 1. The first-order chi connectivity index (χ1) is 5.24. The summed E-state index contributed by atoms with van der Waals surface area (Å²) in [5.74, 6) is 0. The van der Waals surface area contributed by atoms with Gasteiger partial charge in [0, 0.05) is 13.5 Å². The lowest BCUT2D eigenvalue weighted by atomic mass is 10.0. The Kier molecular flexibility index (Phi) is 2.83. The quantitative estimate of drug-likeness (QED) is 0.595. The van der Waals surface area contributed by atoms with Crippen LogP contribution in [0.3, 0.4) is 0 Å². The average Bonchev–Trinajstić information content (AvgIpc) is 2.05. The van der Waals surface area contributed by atoms with Crippen molar-refractivity contribution in [3.63, 3.8) is 0 Å². The number of allylic oxidation sites excluding steroid dienone is 2. The molecule has 62 valence electrons. The molecule has 0 amide bonds. The van der Waals surface area contributed by atoms with Crippen LogP contribution >= 0.6 is 0 Å². The third-order valence-corrected chi connectivity index (χ3v) is 1.90. The van der Waals surface area contributed by atoms with Crippen molar-refractivity contribution in [2.45, 2.75) is 25.6 Å². The molecule has 0 bridgehead atoms. The van der Waals surface area contributed by atoms with Gasteiger partial charge in [0.05, 0.1) is 6.10 Å². The van der Waals surface area contributed by atoms with Gasteiger partial charge in [-0.2, -0.15) is 0 Å². The van der Waals surface area contributed by atoms with E-state index in [4.69, 9.17) is 4.74 Å². The van der Waals surface area contributed by atoms with Crippen molar-refractivity contribution in [3.8, 4) is 0 Å². The average molecular weight is 156 g/mol. The molecule has 0 aromatic carbocycles. The third kappa shape index (κ3) is 2.15. The maximum atomic E-state index is 12.6. The molecule has 1 nitrogen and oxygen atoms in total. The van der Waals surface area contributed by atoms with Gasteiger partial charge in [-0.05, 0) is 12.5 Å². The highest BCUT2D eigenvalue weighted by Crippen LogP contribution is 2.16. The van der Waals surface area contributed by atoms with Crippen LogP contribution in [-0.2, 0) is 4.74 Å². The van der Waals surface area contributed by atoms with Crippen LogP contribution < -0.4 is 0 Å².